The average molecular weight is 500 g/mol. The number of hydrogen-bond donors (Lipinski definition) is 1. The molecular weight excluding hydrogens is 468 g/mol. The fourth-order valence-corrected chi connectivity index (χ4v) is 4.40. The summed E-state index contributed by atoms with van der Waals surface area (Å²) in [6, 6.07) is 12.0. The molecule has 0 aliphatic heterocycles. The maximum atomic E-state index is 13.3. The smallest absolute Gasteiger partial charge is 0.271 e. The molecule has 0 bridgehead atoms. The zero-order valence-corrected chi connectivity index (χ0v) is 20.8. The van der Waals surface area contributed by atoms with Crippen LogP contribution in [0, 0.1) is 11.6 Å². The Balaban J connectivity index is 1.61. The van der Waals surface area contributed by atoms with Crippen molar-refractivity contribution in [3.05, 3.63) is 87.4 Å². The number of amides is 2. The monoisotopic (exact) mass is 499 g/mol. The van der Waals surface area contributed by atoms with E-state index in [0.717, 1.165) is 36.8 Å². The molecule has 186 valence electrons. The molecule has 35 heavy (non-hydrogen) atoms. The summed E-state index contributed by atoms with van der Waals surface area (Å²) in [5, 5.41) is 5.10. The van der Waals surface area contributed by atoms with Gasteiger partial charge in [-0.25, -0.2) is 13.8 Å². The highest BCUT2D eigenvalue weighted by Gasteiger charge is 2.18. The number of unbranched alkanes of at least 4 members (excludes halogenated alkanes) is 4. The van der Waals surface area contributed by atoms with Gasteiger partial charge in [0, 0.05) is 24.9 Å². The molecule has 0 unspecified atom stereocenters. The Morgan fingerprint density at radius 3 is 2.17 bits per heavy atom. The predicted molar refractivity (Wildman–Crippen MR) is 134 cm³/mol. The zero-order valence-electron chi connectivity index (χ0n) is 19.9. The van der Waals surface area contributed by atoms with Crippen LogP contribution in [0.2, 0.25) is 0 Å². The summed E-state index contributed by atoms with van der Waals surface area (Å²) in [5.74, 6) is -0.962. The van der Waals surface area contributed by atoms with E-state index in [4.69, 9.17) is 0 Å². The molecule has 5 nitrogen and oxygen atoms in total. The quantitative estimate of drug-likeness (QED) is 0.283. The number of halogens is 2. The van der Waals surface area contributed by atoms with Crippen molar-refractivity contribution in [1.29, 1.82) is 0 Å². The Morgan fingerprint density at radius 2 is 1.51 bits per heavy atom. The van der Waals surface area contributed by atoms with Crippen LogP contribution in [0.4, 0.5) is 8.78 Å². The van der Waals surface area contributed by atoms with Crippen molar-refractivity contribution in [3.8, 4) is 0 Å². The van der Waals surface area contributed by atoms with Crippen molar-refractivity contribution in [2.24, 2.45) is 0 Å². The second kappa shape index (κ2) is 13.7. The molecule has 0 spiro atoms. The molecule has 0 saturated heterocycles. The second-order valence-electron chi connectivity index (χ2n) is 8.48. The van der Waals surface area contributed by atoms with Crippen LogP contribution in [-0.4, -0.2) is 21.7 Å². The van der Waals surface area contributed by atoms with Gasteiger partial charge in [-0.2, -0.15) is 0 Å². The Bertz CT molecular complexity index is 1080. The van der Waals surface area contributed by atoms with Crippen LogP contribution in [-0.2, 0) is 24.4 Å². The van der Waals surface area contributed by atoms with Gasteiger partial charge in [0.2, 0.25) is 5.91 Å². The molecule has 0 fully saturated rings. The molecule has 8 heteroatoms. The number of nitrogens with zero attached hydrogens (tertiary/aromatic N) is 2. The number of benzene rings is 2. The van der Waals surface area contributed by atoms with Gasteiger partial charge in [-0.15, -0.1) is 11.3 Å². The number of rotatable bonds is 13. The number of aromatic nitrogens is 1. The number of carbonyl (C=O) groups is 2. The lowest BCUT2D eigenvalue weighted by molar-refractivity contribution is -0.132. The van der Waals surface area contributed by atoms with Gasteiger partial charge in [-0.3, -0.25) is 9.59 Å². The highest BCUT2D eigenvalue weighted by atomic mass is 32.1. The first-order valence-electron chi connectivity index (χ1n) is 11.9. The SMILES string of the molecule is CCCCCCCC(=O)N(Cc1ccc(F)cc1)Cc1nc(C(=O)NCc2ccc(F)cc2)cs1. The predicted octanol–water partition coefficient (Wildman–Crippen LogP) is 6.24. The van der Waals surface area contributed by atoms with Crippen LogP contribution in [0.25, 0.3) is 0 Å². The van der Waals surface area contributed by atoms with Gasteiger partial charge in [-0.1, -0.05) is 56.9 Å². The van der Waals surface area contributed by atoms with E-state index < -0.39 is 0 Å². The van der Waals surface area contributed by atoms with Crippen LogP contribution in [0.15, 0.2) is 53.9 Å². The third-order valence-electron chi connectivity index (χ3n) is 5.61. The number of nitrogens with one attached hydrogen (secondary N) is 1. The largest absolute Gasteiger partial charge is 0.347 e. The molecular formula is C27H31F2N3O2S. The van der Waals surface area contributed by atoms with Gasteiger partial charge in [0.1, 0.15) is 22.3 Å². The molecule has 0 aliphatic carbocycles. The second-order valence-corrected chi connectivity index (χ2v) is 9.42. The van der Waals surface area contributed by atoms with Gasteiger partial charge >= 0.3 is 0 Å². The molecule has 3 aromatic rings. The minimum Gasteiger partial charge on any atom is -0.347 e. The minimum atomic E-state index is -0.329. The van der Waals surface area contributed by atoms with E-state index in [-0.39, 0.29) is 42.2 Å². The number of carbonyl (C=O) groups excluding carboxylic acids is 2. The summed E-state index contributed by atoms with van der Waals surface area (Å²) in [7, 11) is 0. The van der Waals surface area contributed by atoms with Gasteiger partial charge in [0.05, 0.1) is 6.54 Å². The molecule has 0 saturated carbocycles. The topological polar surface area (TPSA) is 62.3 Å². The van der Waals surface area contributed by atoms with Crippen molar-refractivity contribution >= 4 is 23.2 Å². The highest BCUT2D eigenvalue weighted by Crippen LogP contribution is 2.18. The van der Waals surface area contributed by atoms with Crippen molar-refractivity contribution in [3.63, 3.8) is 0 Å². The van der Waals surface area contributed by atoms with Crippen molar-refractivity contribution in [1.82, 2.24) is 15.2 Å². The summed E-state index contributed by atoms with van der Waals surface area (Å²) >= 11 is 1.32. The molecule has 0 atom stereocenters. The van der Waals surface area contributed by atoms with Crippen molar-refractivity contribution < 1.29 is 18.4 Å². The minimum absolute atomic E-state index is 0.0170. The fraction of sp³-hybridized carbons (Fsp3) is 0.370. The normalized spacial score (nSPS) is 10.8. The van der Waals surface area contributed by atoms with Crippen LogP contribution in [0.5, 0.6) is 0 Å². The molecule has 2 amide bonds. The summed E-state index contributed by atoms with van der Waals surface area (Å²) < 4.78 is 26.4. The van der Waals surface area contributed by atoms with Gasteiger partial charge in [0.15, 0.2) is 0 Å². The molecule has 0 aliphatic rings. The van der Waals surface area contributed by atoms with Crippen LogP contribution >= 0.6 is 11.3 Å². The Labute approximate surface area is 209 Å². The van der Waals surface area contributed by atoms with Crippen molar-refractivity contribution in [2.45, 2.75) is 65.1 Å². The van der Waals surface area contributed by atoms with E-state index in [9.17, 15) is 18.4 Å². The van der Waals surface area contributed by atoms with Gasteiger partial charge in [-0.05, 0) is 41.8 Å². The first-order valence-corrected chi connectivity index (χ1v) is 12.8. The maximum Gasteiger partial charge on any atom is 0.271 e. The van der Waals surface area contributed by atoms with E-state index in [1.807, 2.05) is 0 Å². The highest BCUT2D eigenvalue weighted by molar-refractivity contribution is 7.09. The van der Waals surface area contributed by atoms with Gasteiger partial charge in [0.25, 0.3) is 5.91 Å². The van der Waals surface area contributed by atoms with Crippen LogP contribution in [0.3, 0.4) is 0 Å². The molecule has 0 radical (unpaired) electrons. The lowest BCUT2D eigenvalue weighted by atomic mass is 10.1. The fourth-order valence-electron chi connectivity index (χ4n) is 3.61. The van der Waals surface area contributed by atoms with E-state index in [1.165, 1.54) is 42.0 Å². The van der Waals surface area contributed by atoms with Crippen LogP contribution < -0.4 is 5.32 Å². The van der Waals surface area contributed by atoms with E-state index >= 15 is 0 Å². The molecule has 3 rings (SSSR count). The van der Waals surface area contributed by atoms with E-state index in [1.54, 1.807) is 34.5 Å². The van der Waals surface area contributed by atoms with Gasteiger partial charge < -0.3 is 10.2 Å². The van der Waals surface area contributed by atoms with Crippen LogP contribution in [0.1, 0.15) is 72.1 Å². The van der Waals surface area contributed by atoms with E-state index in [0.29, 0.717) is 18.0 Å². The maximum absolute atomic E-state index is 13.3. The molecule has 1 N–H and O–H groups in total. The summed E-state index contributed by atoms with van der Waals surface area (Å²) in [6.45, 7) is 3.04. The summed E-state index contributed by atoms with van der Waals surface area (Å²) in [4.78, 5) is 31.7. The van der Waals surface area contributed by atoms with Crippen molar-refractivity contribution in [2.75, 3.05) is 0 Å². The third kappa shape index (κ3) is 8.87. The number of hydrogen-bond acceptors (Lipinski definition) is 4. The standard InChI is InChI=1S/C27H31F2N3O2S/c1-2-3-4-5-6-7-26(33)32(17-21-10-14-23(29)15-11-21)18-25-31-24(19-35-25)27(34)30-16-20-8-12-22(28)13-9-20/h8-15,19H,2-7,16-18H2,1H3,(H,30,34). The Morgan fingerprint density at radius 1 is 0.886 bits per heavy atom. The molecule has 2 aromatic carbocycles. The Hall–Kier alpha value is -3.13. The lowest BCUT2D eigenvalue weighted by Crippen LogP contribution is -2.30. The summed E-state index contributed by atoms with van der Waals surface area (Å²) in [6.07, 6.45) is 5.71. The Kier molecular flexibility index (Phi) is 10.3. The zero-order chi connectivity index (χ0) is 25.0. The summed E-state index contributed by atoms with van der Waals surface area (Å²) in [5.41, 5.74) is 1.89. The molecule has 1 heterocycles. The lowest BCUT2D eigenvalue weighted by Gasteiger charge is -2.22. The first-order chi connectivity index (χ1) is 16.9. The number of thiazole rings is 1. The first kappa shape index (κ1) is 26.5. The average Bonchev–Trinajstić information content (AvgIpc) is 3.33. The van der Waals surface area contributed by atoms with E-state index in [2.05, 4.69) is 17.2 Å². The molecule has 1 aromatic heterocycles. The third-order valence-corrected chi connectivity index (χ3v) is 6.44.